The van der Waals surface area contributed by atoms with Gasteiger partial charge in [-0.1, -0.05) is 18.2 Å². The summed E-state index contributed by atoms with van der Waals surface area (Å²) in [4.78, 5) is 29.6. The van der Waals surface area contributed by atoms with Crippen molar-refractivity contribution in [2.75, 3.05) is 56.7 Å². The average Bonchev–Trinajstić information content (AvgIpc) is 3.17. The maximum absolute atomic E-state index is 12.6. The van der Waals surface area contributed by atoms with Gasteiger partial charge in [-0.15, -0.1) is 0 Å². The summed E-state index contributed by atoms with van der Waals surface area (Å²) in [5, 5.41) is 5.56. The number of likely N-dealkylation sites (N-methyl/N-ethyl adjacent to an activating group) is 1. The molecule has 1 saturated heterocycles. The lowest BCUT2D eigenvalue weighted by Gasteiger charge is -2.35. The highest BCUT2D eigenvalue weighted by Crippen LogP contribution is 2.31. The quantitative estimate of drug-likeness (QED) is 0.705. The first-order valence-electron chi connectivity index (χ1n) is 11.2. The lowest BCUT2D eigenvalue weighted by atomic mass is 10.0. The van der Waals surface area contributed by atoms with E-state index in [0.29, 0.717) is 25.4 Å². The zero-order chi connectivity index (χ0) is 22.7. The molecule has 170 valence electrons. The van der Waals surface area contributed by atoms with E-state index < -0.39 is 11.8 Å². The third-order valence-electron chi connectivity index (χ3n) is 6.53. The number of ether oxygens (including phenoxy) is 1. The molecule has 0 aromatic heterocycles. The Kier molecular flexibility index (Phi) is 6.77. The van der Waals surface area contributed by atoms with Gasteiger partial charge in [0.2, 0.25) is 0 Å². The number of hydrogen-bond acceptors (Lipinski definition) is 5. The Bertz CT molecular complexity index is 1000. The molecule has 0 radical (unpaired) electrons. The molecule has 0 unspecified atom stereocenters. The van der Waals surface area contributed by atoms with E-state index in [2.05, 4.69) is 45.7 Å². The smallest absolute Gasteiger partial charge is 0.313 e. The minimum Gasteiger partial charge on any atom is -0.379 e. The van der Waals surface area contributed by atoms with Crippen LogP contribution in [0, 0.1) is 13.8 Å². The van der Waals surface area contributed by atoms with Crippen molar-refractivity contribution in [3.63, 3.8) is 0 Å². The van der Waals surface area contributed by atoms with E-state index in [9.17, 15) is 9.59 Å². The lowest BCUT2D eigenvalue weighted by Crippen LogP contribution is -2.45. The van der Waals surface area contributed by atoms with Gasteiger partial charge in [-0.3, -0.25) is 14.5 Å². The number of amides is 2. The molecule has 0 spiro atoms. The first-order valence-corrected chi connectivity index (χ1v) is 11.2. The summed E-state index contributed by atoms with van der Waals surface area (Å²) in [5.41, 5.74) is 6.60. The molecule has 0 saturated carbocycles. The van der Waals surface area contributed by atoms with Crippen molar-refractivity contribution in [3.05, 3.63) is 58.7 Å². The summed E-state index contributed by atoms with van der Waals surface area (Å²) in [7, 11) is 2.11. The van der Waals surface area contributed by atoms with Gasteiger partial charge in [-0.25, -0.2) is 0 Å². The number of morpholine rings is 1. The van der Waals surface area contributed by atoms with Crippen LogP contribution in [-0.4, -0.2) is 63.2 Å². The maximum Gasteiger partial charge on any atom is 0.313 e. The largest absolute Gasteiger partial charge is 0.379 e. The Morgan fingerprint density at radius 1 is 1.00 bits per heavy atom. The number of nitrogens with zero attached hydrogens (tertiary/aromatic N) is 2. The summed E-state index contributed by atoms with van der Waals surface area (Å²) >= 11 is 0. The molecule has 2 aliphatic heterocycles. The van der Waals surface area contributed by atoms with Crippen molar-refractivity contribution in [1.82, 2.24) is 10.2 Å². The number of anilines is 2. The Balaban J connectivity index is 1.44. The number of rotatable bonds is 5. The fourth-order valence-corrected chi connectivity index (χ4v) is 4.42. The monoisotopic (exact) mass is 436 g/mol. The van der Waals surface area contributed by atoms with Crippen molar-refractivity contribution < 1.29 is 14.3 Å². The number of benzene rings is 2. The van der Waals surface area contributed by atoms with Gasteiger partial charge in [0.15, 0.2) is 0 Å². The molecule has 2 aromatic rings. The third kappa shape index (κ3) is 4.95. The fourth-order valence-electron chi connectivity index (χ4n) is 4.42. The van der Waals surface area contributed by atoms with Gasteiger partial charge in [0, 0.05) is 44.6 Å². The van der Waals surface area contributed by atoms with Crippen LogP contribution in [0.4, 0.5) is 11.4 Å². The molecule has 32 heavy (non-hydrogen) atoms. The second kappa shape index (κ2) is 9.71. The molecular weight excluding hydrogens is 404 g/mol. The van der Waals surface area contributed by atoms with E-state index in [-0.39, 0.29) is 6.04 Å². The Labute approximate surface area is 189 Å². The molecule has 2 amide bonds. The lowest BCUT2D eigenvalue weighted by molar-refractivity contribution is -0.136. The van der Waals surface area contributed by atoms with Crippen LogP contribution >= 0.6 is 0 Å². The molecule has 7 nitrogen and oxygen atoms in total. The predicted octanol–water partition coefficient (Wildman–Crippen LogP) is 2.42. The molecule has 7 heteroatoms. The van der Waals surface area contributed by atoms with Crippen molar-refractivity contribution in [2.45, 2.75) is 26.3 Å². The summed E-state index contributed by atoms with van der Waals surface area (Å²) < 4.78 is 5.52. The minimum atomic E-state index is -0.649. The minimum absolute atomic E-state index is 0.00604. The van der Waals surface area contributed by atoms with Crippen LogP contribution in [0.2, 0.25) is 0 Å². The SMILES string of the molecule is Cc1ccc(NC(=O)C(=O)NC[C@@H](c2ccc3c(c2)CCN3C)N2CCOCC2)cc1C. The van der Waals surface area contributed by atoms with Gasteiger partial charge >= 0.3 is 11.8 Å². The van der Waals surface area contributed by atoms with Crippen LogP contribution in [-0.2, 0) is 20.7 Å². The van der Waals surface area contributed by atoms with Crippen LogP contribution in [0.3, 0.4) is 0 Å². The molecule has 0 bridgehead atoms. The highest BCUT2D eigenvalue weighted by Gasteiger charge is 2.26. The van der Waals surface area contributed by atoms with Crippen molar-refractivity contribution >= 4 is 23.2 Å². The topological polar surface area (TPSA) is 73.9 Å². The molecule has 2 aromatic carbocycles. The third-order valence-corrected chi connectivity index (χ3v) is 6.53. The van der Waals surface area contributed by atoms with Crippen LogP contribution in [0.25, 0.3) is 0 Å². The average molecular weight is 437 g/mol. The Morgan fingerprint density at radius 3 is 2.53 bits per heavy atom. The van der Waals surface area contributed by atoms with Crippen LogP contribution in [0.5, 0.6) is 0 Å². The molecular formula is C25H32N4O3. The molecule has 2 heterocycles. The normalized spacial score (nSPS) is 17.0. The zero-order valence-corrected chi connectivity index (χ0v) is 19.1. The second-order valence-corrected chi connectivity index (χ2v) is 8.69. The van der Waals surface area contributed by atoms with E-state index in [1.165, 1.54) is 11.3 Å². The fraction of sp³-hybridized carbons (Fsp3) is 0.440. The van der Waals surface area contributed by atoms with Crippen LogP contribution in [0.1, 0.15) is 28.3 Å². The number of hydrogen-bond donors (Lipinski definition) is 2. The predicted molar refractivity (Wildman–Crippen MR) is 126 cm³/mol. The van der Waals surface area contributed by atoms with E-state index >= 15 is 0 Å². The number of carbonyl (C=O) groups is 2. The van der Waals surface area contributed by atoms with Gasteiger partial charge in [0.25, 0.3) is 0 Å². The van der Waals surface area contributed by atoms with E-state index in [0.717, 1.165) is 42.7 Å². The second-order valence-electron chi connectivity index (χ2n) is 8.69. The van der Waals surface area contributed by atoms with E-state index in [1.54, 1.807) is 0 Å². The molecule has 0 aliphatic carbocycles. The zero-order valence-electron chi connectivity index (χ0n) is 19.1. The summed E-state index contributed by atoms with van der Waals surface area (Å²) in [6.07, 6.45) is 1.03. The summed E-state index contributed by atoms with van der Waals surface area (Å²) in [6, 6.07) is 12.2. The van der Waals surface area contributed by atoms with E-state index in [1.807, 2.05) is 32.0 Å². The van der Waals surface area contributed by atoms with Crippen LogP contribution in [0.15, 0.2) is 36.4 Å². The first kappa shape index (κ1) is 22.3. The first-order chi connectivity index (χ1) is 15.4. The summed E-state index contributed by atoms with van der Waals surface area (Å²) in [5.74, 6) is -1.27. The molecule has 2 N–H and O–H groups in total. The van der Waals surface area contributed by atoms with Crippen molar-refractivity contribution in [2.24, 2.45) is 0 Å². The van der Waals surface area contributed by atoms with Gasteiger partial charge in [-0.2, -0.15) is 0 Å². The number of nitrogens with one attached hydrogen (secondary N) is 2. The van der Waals surface area contributed by atoms with Gasteiger partial charge in [-0.05, 0) is 60.7 Å². The Hall–Kier alpha value is -2.90. The van der Waals surface area contributed by atoms with Gasteiger partial charge in [0.1, 0.15) is 0 Å². The molecule has 4 rings (SSSR count). The number of fused-ring (bicyclic) bond motifs is 1. The highest BCUT2D eigenvalue weighted by atomic mass is 16.5. The Morgan fingerprint density at radius 2 is 1.78 bits per heavy atom. The highest BCUT2D eigenvalue weighted by molar-refractivity contribution is 6.39. The van der Waals surface area contributed by atoms with E-state index in [4.69, 9.17) is 4.74 Å². The number of aryl methyl sites for hydroxylation is 2. The maximum atomic E-state index is 12.6. The molecule has 2 aliphatic rings. The van der Waals surface area contributed by atoms with Crippen molar-refractivity contribution in [1.29, 1.82) is 0 Å². The van der Waals surface area contributed by atoms with Gasteiger partial charge < -0.3 is 20.3 Å². The summed E-state index contributed by atoms with van der Waals surface area (Å²) in [6.45, 7) is 8.32. The van der Waals surface area contributed by atoms with Crippen molar-refractivity contribution in [3.8, 4) is 0 Å². The number of carbonyl (C=O) groups excluding carboxylic acids is 2. The molecule has 1 fully saturated rings. The van der Waals surface area contributed by atoms with Crippen LogP contribution < -0.4 is 15.5 Å². The standard InChI is InChI=1S/C25H32N4O3/c1-17-4-6-21(14-18(17)2)27-25(31)24(30)26-16-23(29-10-12-32-13-11-29)19-5-7-22-20(15-19)8-9-28(22)3/h4-7,14-15,23H,8-13,16H2,1-3H3,(H,26,30)(H,27,31)/t23-/m0/s1. The van der Waals surface area contributed by atoms with Gasteiger partial charge in [0.05, 0.1) is 19.3 Å². The molecule has 1 atom stereocenters.